The van der Waals surface area contributed by atoms with E-state index in [1.54, 1.807) is 0 Å². The predicted octanol–water partition coefficient (Wildman–Crippen LogP) is 4.09. The normalized spacial score (nSPS) is 28.6. The first-order valence-electron chi connectivity index (χ1n) is 9.07. The van der Waals surface area contributed by atoms with Crippen LogP contribution >= 0.6 is 0 Å². The zero-order valence-corrected chi connectivity index (χ0v) is 16.0. The summed E-state index contributed by atoms with van der Waals surface area (Å²) in [4.78, 5) is 22.5. The number of ether oxygens (including phenoxy) is 1. The Balaban J connectivity index is 1.78. The molecule has 27 heavy (non-hydrogen) atoms. The summed E-state index contributed by atoms with van der Waals surface area (Å²) < 4.78 is 5.71. The third-order valence-electron chi connectivity index (χ3n) is 7.12. The van der Waals surface area contributed by atoms with Gasteiger partial charge in [-0.15, -0.1) is 0 Å². The Morgan fingerprint density at radius 2 is 2.00 bits per heavy atom. The van der Waals surface area contributed by atoms with Crippen LogP contribution in [-0.4, -0.2) is 27.2 Å². The van der Waals surface area contributed by atoms with Gasteiger partial charge in [0.1, 0.15) is 6.10 Å². The maximum absolute atomic E-state index is 12.3. The Bertz CT molecular complexity index is 843. The van der Waals surface area contributed by atoms with E-state index in [9.17, 15) is 25.1 Å². The first-order chi connectivity index (χ1) is 12.5. The molecule has 2 aliphatic carbocycles. The zero-order valence-electron chi connectivity index (χ0n) is 16.0. The Morgan fingerprint density at radius 3 is 2.52 bits per heavy atom. The molecule has 0 heterocycles. The van der Waals surface area contributed by atoms with Crippen molar-refractivity contribution in [1.82, 2.24) is 0 Å². The van der Waals surface area contributed by atoms with Crippen LogP contribution in [0.15, 0.2) is 12.1 Å². The summed E-state index contributed by atoms with van der Waals surface area (Å²) in [7, 11) is 0. The fourth-order valence-corrected chi connectivity index (χ4v) is 4.72. The maximum Gasteiger partial charge on any atom is 0.331 e. The highest BCUT2D eigenvalue weighted by molar-refractivity contribution is 5.88. The molecule has 2 aliphatic rings. The van der Waals surface area contributed by atoms with Gasteiger partial charge in [0.05, 0.1) is 4.92 Å². The minimum atomic E-state index is -0.789. The first-order valence-corrected chi connectivity index (χ1v) is 9.07. The molecular weight excluding hydrogens is 350 g/mol. The van der Waals surface area contributed by atoms with Crippen LogP contribution in [0.3, 0.4) is 0 Å². The van der Waals surface area contributed by atoms with E-state index in [0.717, 1.165) is 25.3 Å². The summed E-state index contributed by atoms with van der Waals surface area (Å²) in [6, 6.07) is 1.12. The Kier molecular flexibility index (Phi) is 4.44. The van der Waals surface area contributed by atoms with Crippen LogP contribution < -0.4 is 0 Å². The van der Waals surface area contributed by atoms with Gasteiger partial charge in [-0.25, -0.2) is 4.79 Å². The fraction of sp³-hybridized carbons (Fsp3) is 0.550. The number of aromatic hydroxyl groups is 2. The van der Waals surface area contributed by atoms with Crippen molar-refractivity contribution >= 4 is 17.7 Å². The summed E-state index contributed by atoms with van der Waals surface area (Å²) in [6.45, 7) is 8.14. The summed E-state index contributed by atoms with van der Waals surface area (Å²) in [6.07, 6.45) is 5.47. The summed E-state index contributed by atoms with van der Waals surface area (Å²) in [5.41, 5.74) is -0.0223. The molecule has 2 bridgehead atoms. The highest BCUT2D eigenvalue weighted by atomic mass is 16.6. The molecule has 7 heteroatoms. The van der Waals surface area contributed by atoms with Crippen molar-refractivity contribution in [2.24, 2.45) is 16.7 Å². The number of nitro benzene ring substituents is 1. The molecule has 0 amide bonds. The third-order valence-corrected chi connectivity index (χ3v) is 7.12. The van der Waals surface area contributed by atoms with Crippen LogP contribution in [0.1, 0.15) is 51.2 Å². The SMILES string of the molecule is Cc1c(/C=C/C(=O)OC2CC3CCC2(C)C3(C)C)cc([N+](=O)[O-])c(O)c1O. The van der Waals surface area contributed by atoms with Crippen LogP contribution in [0.5, 0.6) is 11.5 Å². The molecular formula is C20H25NO6. The zero-order chi connectivity index (χ0) is 20.1. The largest absolute Gasteiger partial charge is 0.504 e. The molecule has 0 aliphatic heterocycles. The van der Waals surface area contributed by atoms with Crippen LogP contribution in [0, 0.1) is 33.8 Å². The lowest BCUT2D eigenvalue weighted by Gasteiger charge is -2.38. The van der Waals surface area contributed by atoms with Crippen LogP contribution in [0.2, 0.25) is 0 Å². The summed E-state index contributed by atoms with van der Waals surface area (Å²) >= 11 is 0. The molecule has 2 saturated carbocycles. The van der Waals surface area contributed by atoms with Gasteiger partial charge in [-0.05, 0) is 49.2 Å². The molecule has 146 valence electrons. The van der Waals surface area contributed by atoms with Gasteiger partial charge in [-0.3, -0.25) is 10.1 Å². The smallest absolute Gasteiger partial charge is 0.331 e. The van der Waals surface area contributed by atoms with Gasteiger partial charge < -0.3 is 14.9 Å². The maximum atomic E-state index is 12.3. The number of nitro groups is 1. The second-order valence-corrected chi connectivity index (χ2v) is 8.43. The summed E-state index contributed by atoms with van der Waals surface area (Å²) in [5.74, 6) is -1.32. The number of benzene rings is 1. The highest BCUT2D eigenvalue weighted by Crippen LogP contribution is 2.66. The van der Waals surface area contributed by atoms with Gasteiger partial charge in [-0.2, -0.15) is 0 Å². The number of hydrogen-bond donors (Lipinski definition) is 2. The lowest BCUT2D eigenvalue weighted by Crippen LogP contribution is -2.38. The first kappa shape index (κ1) is 19.2. The van der Waals surface area contributed by atoms with E-state index in [-0.39, 0.29) is 28.1 Å². The minimum absolute atomic E-state index is 0.0489. The number of rotatable bonds is 4. The molecule has 0 radical (unpaired) electrons. The van der Waals surface area contributed by atoms with E-state index in [1.165, 1.54) is 19.1 Å². The van der Waals surface area contributed by atoms with E-state index >= 15 is 0 Å². The van der Waals surface area contributed by atoms with Gasteiger partial charge >= 0.3 is 11.7 Å². The monoisotopic (exact) mass is 375 g/mol. The lowest BCUT2D eigenvalue weighted by molar-refractivity contribution is -0.386. The Morgan fingerprint density at radius 1 is 1.33 bits per heavy atom. The average Bonchev–Trinajstić information content (AvgIpc) is 2.92. The van der Waals surface area contributed by atoms with Crippen LogP contribution in [0.25, 0.3) is 6.08 Å². The number of carbonyl (C=O) groups excluding carboxylic acids is 1. The van der Waals surface area contributed by atoms with Gasteiger partial charge in [0.2, 0.25) is 5.75 Å². The highest BCUT2D eigenvalue weighted by Gasteiger charge is 2.62. The van der Waals surface area contributed by atoms with Crippen molar-refractivity contribution in [2.75, 3.05) is 0 Å². The van der Waals surface area contributed by atoms with E-state index in [2.05, 4.69) is 20.8 Å². The fourth-order valence-electron chi connectivity index (χ4n) is 4.72. The quantitative estimate of drug-likeness (QED) is 0.270. The van der Waals surface area contributed by atoms with E-state index in [0.29, 0.717) is 5.92 Å². The van der Waals surface area contributed by atoms with Crippen molar-refractivity contribution < 1.29 is 24.7 Å². The number of phenols is 2. The lowest BCUT2D eigenvalue weighted by atomic mass is 9.70. The second kappa shape index (κ2) is 6.25. The number of fused-ring (bicyclic) bond motifs is 2. The number of carbonyl (C=O) groups is 1. The molecule has 3 unspecified atom stereocenters. The van der Waals surface area contributed by atoms with E-state index < -0.39 is 28.1 Å². The Labute approximate surface area is 157 Å². The topological polar surface area (TPSA) is 110 Å². The number of hydrogen-bond acceptors (Lipinski definition) is 6. The second-order valence-electron chi connectivity index (χ2n) is 8.43. The van der Waals surface area contributed by atoms with E-state index in [4.69, 9.17) is 4.74 Å². The van der Waals surface area contributed by atoms with Gasteiger partial charge in [0, 0.05) is 23.1 Å². The molecule has 0 saturated heterocycles. The predicted molar refractivity (Wildman–Crippen MR) is 99.3 cm³/mol. The molecule has 3 rings (SSSR count). The molecule has 2 fully saturated rings. The van der Waals surface area contributed by atoms with Crippen molar-refractivity contribution in [3.63, 3.8) is 0 Å². The van der Waals surface area contributed by atoms with Gasteiger partial charge in [0.15, 0.2) is 5.75 Å². The molecule has 2 N–H and O–H groups in total. The number of esters is 1. The number of phenolic OH excluding ortho intramolecular Hbond substituents is 2. The van der Waals surface area contributed by atoms with Crippen molar-refractivity contribution in [3.8, 4) is 11.5 Å². The van der Waals surface area contributed by atoms with E-state index in [1.807, 2.05) is 0 Å². The van der Waals surface area contributed by atoms with Crippen molar-refractivity contribution in [3.05, 3.63) is 33.4 Å². The van der Waals surface area contributed by atoms with Crippen molar-refractivity contribution in [2.45, 2.75) is 53.1 Å². The molecule has 1 aromatic carbocycles. The molecule has 7 nitrogen and oxygen atoms in total. The summed E-state index contributed by atoms with van der Waals surface area (Å²) in [5, 5.41) is 30.5. The third kappa shape index (κ3) is 2.85. The molecule has 3 atom stereocenters. The van der Waals surface area contributed by atoms with Crippen LogP contribution in [-0.2, 0) is 9.53 Å². The average molecular weight is 375 g/mol. The van der Waals surface area contributed by atoms with Crippen LogP contribution in [0.4, 0.5) is 5.69 Å². The Hall–Kier alpha value is -2.57. The van der Waals surface area contributed by atoms with Gasteiger partial charge in [-0.1, -0.05) is 20.8 Å². The molecule has 0 aromatic heterocycles. The van der Waals surface area contributed by atoms with Crippen molar-refractivity contribution in [1.29, 1.82) is 0 Å². The van der Waals surface area contributed by atoms with Gasteiger partial charge in [0.25, 0.3) is 0 Å². The molecule has 0 spiro atoms. The standard InChI is InChI=1S/C20H25NO6/c1-11-12(9-14(21(25)26)18(24)17(11)23)5-6-16(22)27-15-10-13-7-8-20(15,4)19(13,2)3/h5-6,9,13,15,23-24H,7-8,10H2,1-4H3/b6-5+. The molecule has 1 aromatic rings. The number of nitrogens with zero attached hydrogens (tertiary/aromatic N) is 1. The minimum Gasteiger partial charge on any atom is -0.504 e.